The molecule has 0 saturated heterocycles. The number of benzene rings is 2. The number of hydrogen-bond donors (Lipinski definition) is 2. The van der Waals surface area contributed by atoms with E-state index in [-0.39, 0.29) is 17.1 Å². The zero-order valence-corrected chi connectivity index (χ0v) is 19.2. The molecule has 172 valence electrons. The smallest absolute Gasteiger partial charge is 0.260 e. The number of fused-ring (bicyclic) bond motifs is 2. The van der Waals surface area contributed by atoms with E-state index in [1.807, 2.05) is 13.1 Å². The Morgan fingerprint density at radius 1 is 1.21 bits per heavy atom. The molecule has 33 heavy (non-hydrogen) atoms. The summed E-state index contributed by atoms with van der Waals surface area (Å²) < 4.78 is 23.6. The van der Waals surface area contributed by atoms with Crippen LogP contribution in [0.25, 0.3) is 5.69 Å². The van der Waals surface area contributed by atoms with Crippen LogP contribution < -0.4 is 34.5 Å². The summed E-state index contributed by atoms with van der Waals surface area (Å²) in [5.74, 6) is 1.67. The third kappa shape index (κ3) is 3.33. The number of nitrogens with one attached hydrogen (secondary N) is 2. The van der Waals surface area contributed by atoms with E-state index in [0.29, 0.717) is 35.2 Å². The molecule has 10 heteroatoms. The zero-order valence-electron chi connectivity index (χ0n) is 18.4. The maximum absolute atomic E-state index is 13.8. The van der Waals surface area contributed by atoms with E-state index in [9.17, 15) is 9.90 Å². The molecule has 1 aromatic heterocycles. The maximum Gasteiger partial charge on any atom is 0.260 e. The fraction of sp³-hybridized carbons (Fsp3) is 0.304. The average Bonchev–Trinajstić information content (AvgIpc) is 3.27. The molecule has 0 amide bonds. The first kappa shape index (κ1) is 21.4. The monoisotopic (exact) mass is 469 g/mol. The number of likely N-dealkylation sites (N-methyl/N-ethyl adjacent to an activating group) is 1. The number of H-pyrrole nitrogens is 1. The lowest BCUT2D eigenvalue weighted by Gasteiger charge is -2.35. The van der Waals surface area contributed by atoms with Crippen LogP contribution in [0.1, 0.15) is 22.7 Å². The lowest BCUT2D eigenvalue weighted by Crippen LogP contribution is -3.10. The fourth-order valence-electron chi connectivity index (χ4n) is 4.69. The van der Waals surface area contributed by atoms with Gasteiger partial charge in [0.2, 0.25) is 12.5 Å². The molecule has 2 atom stereocenters. The SMILES string of the molecule is COc1cccc(-n2c([O-])c(C3c4c(cc5c(c4OC)OCO5)CC[NH+]3C)c(=O)[nH]c2=S)c1. The van der Waals surface area contributed by atoms with Crippen LogP contribution in [-0.4, -0.2) is 44.2 Å². The summed E-state index contributed by atoms with van der Waals surface area (Å²) in [6.45, 7) is 0.809. The molecule has 2 aliphatic heterocycles. The predicted molar refractivity (Wildman–Crippen MR) is 120 cm³/mol. The third-order valence-corrected chi connectivity index (χ3v) is 6.50. The van der Waals surface area contributed by atoms with Gasteiger partial charge in [-0.1, -0.05) is 6.07 Å². The van der Waals surface area contributed by atoms with Crippen molar-refractivity contribution in [2.75, 3.05) is 34.6 Å². The number of methoxy groups -OCH3 is 2. The first-order valence-corrected chi connectivity index (χ1v) is 10.9. The van der Waals surface area contributed by atoms with E-state index in [0.717, 1.165) is 22.4 Å². The highest BCUT2D eigenvalue weighted by Gasteiger charge is 2.39. The lowest BCUT2D eigenvalue weighted by molar-refractivity contribution is -0.908. The predicted octanol–water partition coefficient (Wildman–Crippen LogP) is 0.875. The van der Waals surface area contributed by atoms with Gasteiger partial charge in [-0.05, 0) is 41.9 Å². The van der Waals surface area contributed by atoms with Crippen molar-refractivity contribution < 1.29 is 29.0 Å². The Morgan fingerprint density at radius 3 is 2.79 bits per heavy atom. The van der Waals surface area contributed by atoms with Crippen LogP contribution in [0, 0.1) is 4.77 Å². The molecular weight excluding hydrogens is 446 g/mol. The zero-order chi connectivity index (χ0) is 23.3. The summed E-state index contributed by atoms with van der Waals surface area (Å²) in [7, 11) is 5.04. The summed E-state index contributed by atoms with van der Waals surface area (Å²) >= 11 is 5.37. The third-order valence-electron chi connectivity index (χ3n) is 6.22. The van der Waals surface area contributed by atoms with Crippen molar-refractivity contribution in [2.24, 2.45) is 0 Å². The molecular formula is C23H23N3O6S. The number of aromatic nitrogens is 2. The highest BCUT2D eigenvalue weighted by atomic mass is 32.1. The Labute approximate surface area is 194 Å². The number of quaternary nitrogens is 1. The van der Waals surface area contributed by atoms with Gasteiger partial charge >= 0.3 is 0 Å². The summed E-state index contributed by atoms with van der Waals surface area (Å²) in [4.78, 5) is 16.9. The van der Waals surface area contributed by atoms with E-state index in [2.05, 4.69) is 4.98 Å². The second-order valence-electron chi connectivity index (χ2n) is 8.01. The van der Waals surface area contributed by atoms with Crippen molar-refractivity contribution in [1.82, 2.24) is 9.55 Å². The van der Waals surface area contributed by atoms with Crippen molar-refractivity contribution in [1.29, 1.82) is 0 Å². The first-order chi connectivity index (χ1) is 15.9. The molecule has 0 spiro atoms. The van der Waals surface area contributed by atoms with E-state index < -0.39 is 17.5 Å². The summed E-state index contributed by atoms with van der Waals surface area (Å²) in [5, 5.41) is 13.8. The summed E-state index contributed by atoms with van der Waals surface area (Å²) in [6.07, 6.45) is 0.742. The van der Waals surface area contributed by atoms with Crippen molar-refractivity contribution in [3.05, 3.63) is 62.1 Å². The number of nitrogens with zero attached hydrogens (tertiary/aromatic N) is 1. The molecule has 0 bridgehead atoms. The van der Waals surface area contributed by atoms with E-state index in [1.165, 1.54) is 4.57 Å². The van der Waals surface area contributed by atoms with Gasteiger partial charge in [0.15, 0.2) is 16.3 Å². The quantitative estimate of drug-likeness (QED) is 0.547. The molecule has 2 N–H and O–H groups in total. The van der Waals surface area contributed by atoms with E-state index in [1.54, 1.807) is 38.5 Å². The Bertz CT molecular complexity index is 1370. The molecule has 0 saturated carbocycles. The second-order valence-corrected chi connectivity index (χ2v) is 8.40. The van der Waals surface area contributed by atoms with Crippen LogP contribution >= 0.6 is 12.2 Å². The summed E-state index contributed by atoms with van der Waals surface area (Å²) in [5.41, 5.74) is 1.79. The molecule has 2 aliphatic rings. The van der Waals surface area contributed by atoms with Crippen LogP contribution in [-0.2, 0) is 6.42 Å². The number of aromatic amines is 1. The Balaban J connectivity index is 1.78. The molecule has 2 unspecified atom stereocenters. The van der Waals surface area contributed by atoms with Crippen LogP contribution in [0.5, 0.6) is 28.9 Å². The van der Waals surface area contributed by atoms with Gasteiger partial charge in [0.05, 0.1) is 44.6 Å². The van der Waals surface area contributed by atoms with Gasteiger partial charge in [0.1, 0.15) is 11.8 Å². The van der Waals surface area contributed by atoms with Gasteiger partial charge in [0, 0.05) is 12.5 Å². The molecule has 9 nitrogen and oxygen atoms in total. The topological polar surface area (TPSA) is 102 Å². The van der Waals surface area contributed by atoms with Gasteiger partial charge in [-0.2, -0.15) is 0 Å². The second kappa shape index (κ2) is 8.13. The molecule has 3 aromatic rings. The maximum atomic E-state index is 13.8. The normalized spacial score (nSPS) is 18.6. The van der Waals surface area contributed by atoms with E-state index >= 15 is 0 Å². The molecule has 0 aliphatic carbocycles. The Morgan fingerprint density at radius 2 is 2.03 bits per heavy atom. The first-order valence-electron chi connectivity index (χ1n) is 10.5. The highest BCUT2D eigenvalue weighted by Crippen LogP contribution is 2.48. The van der Waals surface area contributed by atoms with Gasteiger partial charge in [-0.15, -0.1) is 0 Å². The van der Waals surface area contributed by atoms with Crippen molar-refractivity contribution in [3.8, 4) is 34.6 Å². The van der Waals surface area contributed by atoms with Crippen LogP contribution in [0.15, 0.2) is 35.1 Å². The van der Waals surface area contributed by atoms with Crippen molar-refractivity contribution >= 4 is 12.2 Å². The average molecular weight is 470 g/mol. The number of ether oxygens (including phenoxy) is 4. The molecule has 3 heterocycles. The van der Waals surface area contributed by atoms with Crippen molar-refractivity contribution in [3.63, 3.8) is 0 Å². The van der Waals surface area contributed by atoms with Gasteiger partial charge in [-0.3, -0.25) is 9.78 Å². The van der Waals surface area contributed by atoms with Gasteiger partial charge in [0.25, 0.3) is 5.56 Å². The molecule has 0 fully saturated rings. The number of hydrogen-bond acceptors (Lipinski definition) is 7. The standard InChI is InChI=1S/C23H23N3O6S/c1-25-8-7-12-9-15-19(32-11-31-15)20(30-3)16(12)18(25)17-21(27)24-23(33)26(22(17)28)13-5-4-6-14(10-13)29-2/h4-6,9-10,18,28H,7-8,11H2,1-3H3,(H,24,27,33). The molecule has 5 rings (SSSR count). The molecule has 2 aromatic carbocycles. The Hall–Kier alpha value is -3.50. The Kier molecular flexibility index (Phi) is 5.26. The van der Waals surface area contributed by atoms with Crippen LogP contribution in [0.4, 0.5) is 0 Å². The van der Waals surface area contributed by atoms with Crippen LogP contribution in [0.3, 0.4) is 0 Å². The summed E-state index contributed by atoms with van der Waals surface area (Å²) in [6, 6.07) is 8.30. The van der Waals surface area contributed by atoms with E-state index in [4.69, 9.17) is 31.2 Å². The van der Waals surface area contributed by atoms with Crippen molar-refractivity contribution in [2.45, 2.75) is 12.5 Å². The van der Waals surface area contributed by atoms with Crippen LogP contribution in [0.2, 0.25) is 0 Å². The highest BCUT2D eigenvalue weighted by molar-refractivity contribution is 7.71. The van der Waals surface area contributed by atoms with Gasteiger partial charge < -0.3 is 33.5 Å². The minimum atomic E-state index is -0.582. The number of rotatable bonds is 4. The largest absolute Gasteiger partial charge is 0.859 e. The minimum Gasteiger partial charge on any atom is -0.859 e. The lowest BCUT2D eigenvalue weighted by atomic mass is 9.87. The fourth-order valence-corrected chi connectivity index (χ4v) is 4.97. The van der Waals surface area contributed by atoms with Gasteiger partial charge in [-0.25, -0.2) is 0 Å². The molecule has 0 radical (unpaired) electrons. The minimum absolute atomic E-state index is 0.0216.